The monoisotopic (exact) mass is 493 g/mol. The Bertz CT molecular complexity index is 1250. The van der Waals surface area contributed by atoms with Crippen LogP contribution in [-0.2, 0) is 4.79 Å². The lowest BCUT2D eigenvalue weighted by atomic mass is 10.2. The molecule has 0 saturated carbocycles. The number of thioether (sulfide) groups is 1. The SMILES string of the molecule is CN(C[C@H]1COc2ccccc2O1)C(=O)c1cccnc1SCC(=O)Nc1ccc2c(c1)OCO2. The Morgan fingerprint density at radius 1 is 1.03 bits per heavy atom. The van der Waals surface area contributed by atoms with E-state index in [9.17, 15) is 9.59 Å². The number of likely N-dealkylation sites (N-methyl/N-ethyl adjacent to an activating group) is 1. The van der Waals surface area contributed by atoms with Gasteiger partial charge in [-0.2, -0.15) is 0 Å². The number of fused-ring (bicyclic) bond motifs is 2. The Kier molecular flexibility index (Phi) is 6.62. The van der Waals surface area contributed by atoms with Gasteiger partial charge in [0.1, 0.15) is 11.6 Å². The fraction of sp³-hybridized carbons (Fsp3) is 0.240. The van der Waals surface area contributed by atoms with E-state index in [2.05, 4.69) is 10.3 Å². The van der Waals surface area contributed by atoms with E-state index in [1.165, 1.54) is 11.8 Å². The van der Waals surface area contributed by atoms with Gasteiger partial charge in [-0.3, -0.25) is 9.59 Å². The summed E-state index contributed by atoms with van der Waals surface area (Å²) in [5.74, 6) is 2.25. The van der Waals surface area contributed by atoms with Crippen LogP contribution in [0.4, 0.5) is 5.69 Å². The number of hydrogen-bond acceptors (Lipinski definition) is 8. The summed E-state index contributed by atoms with van der Waals surface area (Å²) in [5, 5.41) is 3.31. The summed E-state index contributed by atoms with van der Waals surface area (Å²) in [4.78, 5) is 31.6. The highest BCUT2D eigenvalue weighted by Crippen LogP contribution is 2.34. The van der Waals surface area contributed by atoms with Crippen molar-refractivity contribution < 1.29 is 28.5 Å². The van der Waals surface area contributed by atoms with Gasteiger partial charge in [-0.15, -0.1) is 0 Å². The lowest BCUT2D eigenvalue weighted by molar-refractivity contribution is -0.113. The number of hydrogen-bond donors (Lipinski definition) is 1. The molecule has 180 valence electrons. The van der Waals surface area contributed by atoms with Crippen LogP contribution in [0.1, 0.15) is 10.4 Å². The maximum Gasteiger partial charge on any atom is 0.256 e. The van der Waals surface area contributed by atoms with Gasteiger partial charge in [0.25, 0.3) is 5.91 Å². The second-order valence-corrected chi connectivity index (χ2v) is 8.91. The highest BCUT2D eigenvalue weighted by atomic mass is 32.2. The molecule has 0 saturated heterocycles. The average molecular weight is 494 g/mol. The van der Waals surface area contributed by atoms with Crippen molar-refractivity contribution in [1.82, 2.24) is 9.88 Å². The molecule has 3 heterocycles. The number of nitrogens with zero attached hydrogens (tertiary/aromatic N) is 2. The summed E-state index contributed by atoms with van der Waals surface area (Å²) in [6.45, 7) is 0.862. The molecule has 1 N–H and O–H groups in total. The van der Waals surface area contributed by atoms with Crippen molar-refractivity contribution in [1.29, 1.82) is 0 Å². The number of rotatable bonds is 7. The molecule has 2 aliphatic heterocycles. The minimum Gasteiger partial charge on any atom is -0.486 e. The van der Waals surface area contributed by atoms with E-state index in [0.717, 1.165) is 0 Å². The molecule has 0 unspecified atom stereocenters. The molecule has 2 aromatic carbocycles. The predicted molar refractivity (Wildman–Crippen MR) is 129 cm³/mol. The summed E-state index contributed by atoms with van der Waals surface area (Å²) in [6.07, 6.45) is 1.31. The molecular formula is C25H23N3O6S. The maximum absolute atomic E-state index is 13.2. The number of benzene rings is 2. The molecule has 0 radical (unpaired) electrons. The highest BCUT2D eigenvalue weighted by Gasteiger charge is 2.25. The Hall–Kier alpha value is -3.92. The lowest BCUT2D eigenvalue weighted by Crippen LogP contribution is -2.42. The van der Waals surface area contributed by atoms with Crippen molar-refractivity contribution in [3.8, 4) is 23.0 Å². The van der Waals surface area contributed by atoms with Crippen molar-refractivity contribution in [2.75, 3.05) is 38.1 Å². The number of carbonyl (C=O) groups excluding carboxylic acids is 2. The zero-order valence-corrected chi connectivity index (χ0v) is 19.7. The van der Waals surface area contributed by atoms with E-state index in [4.69, 9.17) is 18.9 Å². The maximum atomic E-state index is 13.2. The van der Waals surface area contributed by atoms with Gasteiger partial charge in [0.2, 0.25) is 12.7 Å². The molecule has 1 atom stereocenters. The van der Waals surface area contributed by atoms with Crippen LogP contribution in [0.3, 0.4) is 0 Å². The van der Waals surface area contributed by atoms with Crippen molar-refractivity contribution in [3.63, 3.8) is 0 Å². The minimum absolute atomic E-state index is 0.0891. The van der Waals surface area contributed by atoms with Gasteiger partial charge in [-0.25, -0.2) is 4.98 Å². The second-order valence-electron chi connectivity index (χ2n) is 7.94. The summed E-state index contributed by atoms with van der Waals surface area (Å²) >= 11 is 1.20. The number of para-hydroxylation sites is 2. The molecule has 5 rings (SSSR count). The molecule has 2 amide bonds. The van der Waals surface area contributed by atoms with E-state index in [0.29, 0.717) is 52.4 Å². The third-order valence-electron chi connectivity index (χ3n) is 5.39. The second kappa shape index (κ2) is 10.1. The van der Waals surface area contributed by atoms with Gasteiger partial charge < -0.3 is 29.2 Å². The first-order valence-electron chi connectivity index (χ1n) is 11.0. The van der Waals surface area contributed by atoms with Crippen LogP contribution in [0.2, 0.25) is 0 Å². The van der Waals surface area contributed by atoms with E-state index < -0.39 is 0 Å². The first kappa shape index (κ1) is 22.9. The normalized spacial score (nSPS) is 15.4. The van der Waals surface area contributed by atoms with E-state index in [1.807, 2.05) is 24.3 Å². The number of nitrogens with one attached hydrogen (secondary N) is 1. The average Bonchev–Trinajstić information content (AvgIpc) is 3.35. The minimum atomic E-state index is -0.292. The smallest absolute Gasteiger partial charge is 0.256 e. The standard InChI is InChI=1S/C25H23N3O6S/c1-28(12-17-13-31-19-6-2-3-7-21(19)34-17)25(30)18-5-4-10-26-24(18)35-14-23(29)27-16-8-9-20-22(11-16)33-15-32-20/h2-11,17H,12-15H2,1H3,(H,27,29)/t17-/m0/s1. The Morgan fingerprint density at radius 2 is 1.83 bits per heavy atom. The third kappa shape index (κ3) is 5.27. The number of amides is 2. The van der Waals surface area contributed by atoms with Gasteiger partial charge >= 0.3 is 0 Å². The Balaban J connectivity index is 1.18. The molecule has 2 aliphatic rings. The number of carbonyl (C=O) groups is 2. The number of ether oxygens (including phenoxy) is 4. The molecule has 0 spiro atoms. The highest BCUT2D eigenvalue weighted by molar-refractivity contribution is 8.00. The molecule has 0 bridgehead atoms. The van der Waals surface area contributed by atoms with Crippen LogP contribution in [-0.4, -0.2) is 60.5 Å². The lowest BCUT2D eigenvalue weighted by Gasteiger charge is -2.29. The van der Waals surface area contributed by atoms with Crippen molar-refractivity contribution in [3.05, 3.63) is 66.4 Å². The van der Waals surface area contributed by atoms with Gasteiger partial charge in [-0.1, -0.05) is 23.9 Å². The van der Waals surface area contributed by atoms with Crippen molar-refractivity contribution in [2.24, 2.45) is 0 Å². The topological polar surface area (TPSA) is 99.2 Å². The van der Waals surface area contributed by atoms with Gasteiger partial charge in [-0.05, 0) is 36.4 Å². The van der Waals surface area contributed by atoms with E-state index in [1.54, 1.807) is 48.5 Å². The predicted octanol–water partition coefficient (Wildman–Crippen LogP) is 3.45. The van der Waals surface area contributed by atoms with E-state index >= 15 is 0 Å². The van der Waals surface area contributed by atoms with Crippen molar-refractivity contribution >= 4 is 29.3 Å². The summed E-state index contributed by atoms with van der Waals surface area (Å²) in [5.41, 5.74) is 1.03. The van der Waals surface area contributed by atoms with E-state index in [-0.39, 0.29) is 30.5 Å². The van der Waals surface area contributed by atoms with Gasteiger partial charge in [0, 0.05) is 25.0 Å². The molecule has 0 fully saturated rings. The van der Waals surface area contributed by atoms with Crippen LogP contribution in [0.15, 0.2) is 65.8 Å². The fourth-order valence-electron chi connectivity index (χ4n) is 3.72. The largest absolute Gasteiger partial charge is 0.486 e. The van der Waals surface area contributed by atoms with Gasteiger partial charge in [0.05, 0.1) is 17.9 Å². The molecule has 0 aliphatic carbocycles. The van der Waals surface area contributed by atoms with Gasteiger partial charge in [0.15, 0.2) is 29.1 Å². The molecule has 10 heteroatoms. The Morgan fingerprint density at radius 3 is 2.71 bits per heavy atom. The number of pyridine rings is 1. The van der Waals surface area contributed by atoms with Crippen molar-refractivity contribution in [2.45, 2.75) is 11.1 Å². The van der Waals surface area contributed by atoms with Crippen LogP contribution in [0.5, 0.6) is 23.0 Å². The summed E-state index contributed by atoms with van der Waals surface area (Å²) in [6, 6.07) is 16.1. The first-order valence-corrected chi connectivity index (χ1v) is 12.0. The molecule has 3 aromatic rings. The van der Waals surface area contributed by atoms with Crippen LogP contribution in [0, 0.1) is 0 Å². The quantitative estimate of drug-likeness (QED) is 0.500. The van der Waals surface area contributed by atoms with Crippen LogP contribution >= 0.6 is 11.8 Å². The number of aromatic nitrogens is 1. The molecule has 1 aromatic heterocycles. The zero-order chi connectivity index (χ0) is 24.2. The van der Waals surface area contributed by atoms with Crippen LogP contribution in [0.25, 0.3) is 0 Å². The fourth-order valence-corrected chi connectivity index (χ4v) is 4.51. The zero-order valence-electron chi connectivity index (χ0n) is 18.9. The van der Waals surface area contributed by atoms with Crippen LogP contribution < -0.4 is 24.3 Å². The first-order chi connectivity index (χ1) is 17.1. The molecule has 9 nitrogen and oxygen atoms in total. The molecular weight excluding hydrogens is 470 g/mol. The number of anilines is 1. The summed E-state index contributed by atoms with van der Waals surface area (Å²) < 4.78 is 22.3. The summed E-state index contributed by atoms with van der Waals surface area (Å²) in [7, 11) is 1.71. The third-order valence-corrected chi connectivity index (χ3v) is 6.39. The Labute approximate surface area is 206 Å². The molecule has 35 heavy (non-hydrogen) atoms.